The zero-order valence-corrected chi connectivity index (χ0v) is 11.3. The van der Waals surface area contributed by atoms with Crippen LogP contribution in [0.15, 0.2) is 42.5 Å². The number of hydrogen-bond donors (Lipinski definition) is 2. The third-order valence-corrected chi connectivity index (χ3v) is 3.57. The van der Waals surface area contributed by atoms with E-state index in [4.69, 9.17) is 5.73 Å². The number of nitrogens with one attached hydrogen (secondary N) is 1. The molecule has 3 N–H and O–H groups in total. The molecule has 1 fully saturated rings. The molecule has 0 radical (unpaired) electrons. The Morgan fingerprint density at radius 3 is 2.75 bits per heavy atom. The maximum atomic E-state index is 12.2. The number of aryl methyl sites for hydroxylation is 1. The average molecular weight is 267 g/mol. The fourth-order valence-electron chi connectivity index (χ4n) is 2.50. The standard InChI is InChI=1S/C16H17N3O/c1-10-7-12(8-15(17)18-10)16(20)19-14-9-13(14)11-5-3-2-4-6-11/h2-8,13-14H,9H2,1H3,(H2,17,18)(H,19,20). The van der Waals surface area contributed by atoms with E-state index in [2.05, 4.69) is 22.4 Å². The minimum atomic E-state index is -0.0781. The van der Waals surface area contributed by atoms with Crippen LogP contribution >= 0.6 is 0 Å². The summed E-state index contributed by atoms with van der Waals surface area (Å²) in [6, 6.07) is 13.9. The summed E-state index contributed by atoms with van der Waals surface area (Å²) >= 11 is 0. The number of carbonyl (C=O) groups excluding carboxylic acids is 1. The summed E-state index contributed by atoms with van der Waals surface area (Å²) in [5.41, 5.74) is 8.28. The van der Waals surface area contributed by atoms with Gasteiger partial charge in [-0.3, -0.25) is 4.79 Å². The fraction of sp³-hybridized carbons (Fsp3) is 0.250. The SMILES string of the molecule is Cc1cc(C(=O)NC2CC2c2ccccc2)cc(N)n1. The van der Waals surface area contributed by atoms with Gasteiger partial charge >= 0.3 is 0 Å². The van der Waals surface area contributed by atoms with E-state index in [1.165, 1.54) is 5.56 Å². The number of anilines is 1. The third kappa shape index (κ3) is 2.64. The number of aromatic nitrogens is 1. The van der Waals surface area contributed by atoms with Gasteiger partial charge < -0.3 is 11.1 Å². The third-order valence-electron chi connectivity index (χ3n) is 3.57. The Bertz CT molecular complexity index is 619. The zero-order valence-electron chi connectivity index (χ0n) is 11.3. The molecular weight excluding hydrogens is 250 g/mol. The molecule has 102 valence electrons. The number of pyridine rings is 1. The van der Waals surface area contributed by atoms with Gasteiger partial charge in [-0.15, -0.1) is 0 Å². The quantitative estimate of drug-likeness (QED) is 0.896. The summed E-state index contributed by atoms with van der Waals surface area (Å²) in [5, 5.41) is 3.05. The van der Waals surface area contributed by atoms with Crippen LogP contribution in [-0.2, 0) is 0 Å². The molecule has 2 atom stereocenters. The number of nitrogen functional groups attached to an aromatic ring is 1. The van der Waals surface area contributed by atoms with E-state index in [0.29, 0.717) is 17.3 Å². The predicted octanol–water partition coefficient (Wildman–Crippen LogP) is 2.26. The van der Waals surface area contributed by atoms with Gasteiger partial charge in [0.2, 0.25) is 0 Å². The largest absolute Gasteiger partial charge is 0.384 e. The van der Waals surface area contributed by atoms with Gasteiger partial charge in [-0.1, -0.05) is 30.3 Å². The summed E-state index contributed by atoms with van der Waals surface area (Å²) in [5.74, 6) is 0.733. The molecule has 0 saturated heterocycles. The first kappa shape index (κ1) is 12.7. The first-order chi connectivity index (χ1) is 9.63. The predicted molar refractivity (Wildman–Crippen MR) is 78.4 cm³/mol. The summed E-state index contributed by atoms with van der Waals surface area (Å²) in [6.07, 6.45) is 0.995. The molecule has 4 nitrogen and oxygen atoms in total. The van der Waals surface area contributed by atoms with E-state index in [0.717, 1.165) is 12.1 Å². The van der Waals surface area contributed by atoms with Crippen LogP contribution in [0.2, 0.25) is 0 Å². The molecule has 4 heteroatoms. The summed E-state index contributed by atoms with van der Waals surface area (Å²) in [6.45, 7) is 1.83. The van der Waals surface area contributed by atoms with Crippen molar-refractivity contribution in [1.29, 1.82) is 0 Å². The van der Waals surface area contributed by atoms with Crippen LogP contribution in [-0.4, -0.2) is 16.9 Å². The number of rotatable bonds is 3. The van der Waals surface area contributed by atoms with Crippen molar-refractivity contribution in [2.75, 3.05) is 5.73 Å². The molecule has 1 aromatic heterocycles. The van der Waals surface area contributed by atoms with Crippen molar-refractivity contribution in [2.24, 2.45) is 0 Å². The van der Waals surface area contributed by atoms with Crippen LogP contribution < -0.4 is 11.1 Å². The van der Waals surface area contributed by atoms with Crippen molar-refractivity contribution in [2.45, 2.75) is 25.3 Å². The first-order valence-electron chi connectivity index (χ1n) is 6.73. The van der Waals surface area contributed by atoms with Crippen molar-refractivity contribution in [3.05, 3.63) is 59.3 Å². The van der Waals surface area contributed by atoms with Crippen molar-refractivity contribution < 1.29 is 4.79 Å². The lowest BCUT2D eigenvalue weighted by molar-refractivity contribution is 0.0950. The minimum Gasteiger partial charge on any atom is -0.384 e. The van der Waals surface area contributed by atoms with Crippen LogP contribution in [0.5, 0.6) is 0 Å². The number of amides is 1. The van der Waals surface area contributed by atoms with Gasteiger partial charge in [0.1, 0.15) is 5.82 Å². The molecule has 1 aliphatic carbocycles. The Balaban J connectivity index is 1.66. The first-order valence-corrected chi connectivity index (χ1v) is 6.73. The van der Waals surface area contributed by atoms with Gasteiger partial charge in [-0.2, -0.15) is 0 Å². The molecule has 1 heterocycles. The molecule has 1 amide bonds. The molecular formula is C16H17N3O. The Morgan fingerprint density at radius 2 is 2.05 bits per heavy atom. The van der Waals surface area contributed by atoms with E-state index in [1.807, 2.05) is 25.1 Å². The van der Waals surface area contributed by atoms with Gasteiger partial charge in [-0.25, -0.2) is 4.98 Å². The zero-order chi connectivity index (χ0) is 14.1. The second-order valence-electron chi connectivity index (χ2n) is 5.25. The van der Waals surface area contributed by atoms with Gasteiger partial charge in [0.25, 0.3) is 5.91 Å². The topological polar surface area (TPSA) is 68.0 Å². The molecule has 0 aliphatic heterocycles. The number of nitrogens with two attached hydrogens (primary N) is 1. The van der Waals surface area contributed by atoms with E-state index in [9.17, 15) is 4.79 Å². The molecule has 0 bridgehead atoms. The molecule has 2 aromatic rings. The highest BCUT2D eigenvalue weighted by molar-refractivity contribution is 5.95. The lowest BCUT2D eigenvalue weighted by Crippen LogP contribution is -2.26. The smallest absolute Gasteiger partial charge is 0.251 e. The van der Waals surface area contributed by atoms with Crippen LogP contribution in [0.1, 0.15) is 34.0 Å². The van der Waals surface area contributed by atoms with Gasteiger partial charge in [-0.05, 0) is 31.0 Å². The number of nitrogens with zero attached hydrogens (tertiary/aromatic N) is 1. The lowest BCUT2D eigenvalue weighted by atomic mass is 10.1. The second-order valence-corrected chi connectivity index (χ2v) is 5.25. The minimum absolute atomic E-state index is 0.0781. The van der Waals surface area contributed by atoms with Crippen LogP contribution in [0.3, 0.4) is 0 Å². The fourth-order valence-corrected chi connectivity index (χ4v) is 2.50. The highest BCUT2D eigenvalue weighted by Crippen LogP contribution is 2.40. The highest BCUT2D eigenvalue weighted by Gasteiger charge is 2.39. The normalized spacial score (nSPS) is 20.4. The number of benzene rings is 1. The lowest BCUT2D eigenvalue weighted by Gasteiger charge is -2.06. The van der Waals surface area contributed by atoms with Gasteiger partial charge in [0.05, 0.1) is 0 Å². The molecule has 2 unspecified atom stereocenters. The molecule has 0 spiro atoms. The Kier molecular flexibility index (Phi) is 3.14. The van der Waals surface area contributed by atoms with E-state index >= 15 is 0 Å². The van der Waals surface area contributed by atoms with Gasteiger partial charge in [0, 0.05) is 23.2 Å². The van der Waals surface area contributed by atoms with Crippen molar-refractivity contribution in [3.8, 4) is 0 Å². The molecule has 20 heavy (non-hydrogen) atoms. The Morgan fingerprint density at radius 1 is 1.30 bits per heavy atom. The van der Waals surface area contributed by atoms with E-state index < -0.39 is 0 Å². The van der Waals surface area contributed by atoms with Crippen LogP contribution in [0.25, 0.3) is 0 Å². The van der Waals surface area contributed by atoms with Crippen molar-refractivity contribution in [3.63, 3.8) is 0 Å². The summed E-state index contributed by atoms with van der Waals surface area (Å²) in [7, 11) is 0. The highest BCUT2D eigenvalue weighted by atomic mass is 16.1. The monoisotopic (exact) mass is 267 g/mol. The van der Waals surface area contributed by atoms with E-state index in [-0.39, 0.29) is 11.9 Å². The maximum absolute atomic E-state index is 12.2. The summed E-state index contributed by atoms with van der Waals surface area (Å²) < 4.78 is 0. The maximum Gasteiger partial charge on any atom is 0.251 e. The van der Waals surface area contributed by atoms with Crippen LogP contribution in [0, 0.1) is 6.92 Å². The second kappa shape index (κ2) is 4.96. The number of carbonyl (C=O) groups is 1. The molecule has 3 rings (SSSR count). The van der Waals surface area contributed by atoms with Crippen molar-refractivity contribution in [1.82, 2.24) is 10.3 Å². The Hall–Kier alpha value is -2.36. The van der Waals surface area contributed by atoms with Crippen LogP contribution in [0.4, 0.5) is 5.82 Å². The molecule has 1 aromatic carbocycles. The average Bonchev–Trinajstić information content (AvgIpc) is 3.18. The van der Waals surface area contributed by atoms with Crippen molar-refractivity contribution >= 4 is 11.7 Å². The molecule has 1 saturated carbocycles. The number of hydrogen-bond acceptors (Lipinski definition) is 3. The van der Waals surface area contributed by atoms with E-state index in [1.54, 1.807) is 12.1 Å². The molecule has 1 aliphatic rings. The van der Waals surface area contributed by atoms with Gasteiger partial charge in [0.15, 0.2) is 0 Å². The Labute approximate surface area is 118 Å². The summed E-state index contributed by atoms with van der Waals surface area (Å²) in [4.78, 5) is 16.3.